The molecule has 114 valence electrons. The fourth-order valence-electron chi connectivity index (χ4n) is 1.89. The van der Waals surface area contributed by atoms with Gasteiger partial charge in [-0.05, 0) is 23.8 Å². The first-order chi connectivity index (χ1) is 11.2. The average molecular weight is 345 g/mol. The quantitative estimate of drug-likeness (QED) is 0.729. The highest BCUT2D eigenvalue weighted by molar-refractivity contribution is 7.09. The molecule has 8 heteroatoms. The maximum Gasteiger partial charge on any atom is 0.293 e. The van der Waals surface area contributed by atoms with E-state index in [1.807, 2.05) is 6.07 Å². The molecule has 1 aromatic carbocycles. The smallest absolute Gasteiger partial charge is 0.293 e. The normalized spacial score (nSPS) is 10.3. The van der Waals surface area contributed by atoms with Gasteiger partial charge in [0, 0.05) is 17.1 Å². The van der Waals surface area contributed by atoms with Crippen molar-refractivity contribution in [2.24, 2.45) is 0 Å². The number of hydrogen-bond donors (Lipinski definition) is 1. The largest absolute Gasteiger partial charge is 0.459 e. The number of anilines is 1. The number of nitrogens with one attached hydrogen (secondary N) is 1. The third-order valence-electron chi connectivity index (χ3n) is 2.96. The van der Waals surface area contributed by atoms with Crippen molar-refractivity contribution < 1.29 is 9.21 Å². The lowest BCUT2D eigenvalue weighted by Gasteiger charge is -1.97. The van der Waals surface area contributed by atoms with Crippen molar-refractivity contribution in [2.75, 3.05) is 5.32 Å². The minimum atomic E-state index is -0.426. The van der Waals surface area contributed by atoms with E-state index in [1.165, 1.54) is 6.26 Å². The molecule has 0 saturated heterocycles. The van der Waals surface area contributed by atoms with E-state index >= 15 is 0 Å². The molecule has 1 amide bonds. The van der Waals surface area contributed by atoms with Crippen LogP contribution in [0.3, 0.4) is 0 Å². The number of hydrogen-bond acceptors (Lipinski definition) is 6. The molecule has 0 atom stereocenters. The van der Waals surface area contributed by atoms with Crippen molar-refractivity contribution in [3.63, 3.8) is 0 Å². The van der Waals surface area contributed by atoms with Crippen LogP contribution in [0.5, 0.6) is 0 Å². The number of nitriles is 1. The van der Waals surface area contributed by atoms with Crippen LogP contribution < -0.4 is 5.32 Å². The van der Waals surface area contributed by atoms with E-state index in [-0.39, 0.29) is 11.6 Å². The Hall–Kier alpha value is -2.69. The number of furan rings is 1. The first kappa shape index (κ1) is 15.2. The van der Waals surface area contributed by atoms with Crippen molar-refractivity contribution in [1.29, 1.82) is 5.26 Å². The Balaban J connectivity index is 1.78. The second-order valence-electron chi connectivity index (χ2n) is 4.50. The predicted molar refractivity (Wildman–Crippen MR) is 86.3 cm³/mol. The van der Waals surface area contributed by atoms with Crippen LogP contribution in [0.2, 0.25) is 0 Å². The molecule has 3 aromatic rings. The lowest BCUT2D eigenvalue weighted by Crippen LogP contribution is -2.10. The van der Waals surface area contributed by atoms with Gasteiger partial charge in [0.1, 0.15) is 0 Å². The fourth-order valence-corrected chi connectivity index (χ4v) is 2.66. The van der Waals surface area contributed by atoms with Crippen LogP contribution >= 0.6 is 23.1 Å². The van der Waals surface area contributed by atoms with Crippen LogP contribution in [0.15, 0.2) is 41.0 Å². The second kappa shape index (κ2) is 6.60. The van der Waals surface area contributed by atoms with E-state index < -0.39 is 5.91 Å². The summed E-state index contributed by atoms with van der Waals surface area (Å²) in [5.74, 6) is 0.363. The molecule has 0 spiro atoms. The number of halogens is 1. The van der Waals surface area contributed by atoms with E-state index in [2.05, 4.69) is 20.7 Å². The molecule has 1 N–H and O–H groups in total. The fraction of sp³-hybridized carbons (Fsp3) is 0.0667. The van der Waals surface area contributed by atoms with Gasteiger partial charge in [0.25, 0.3) is 5.91 Å². The Morgan fingerprint density at radius 1 is 1.39 bits per heavy atom. The molecule has 0 fully saturated rings. The Bertz CT molecular complexity index is 897. The number of nitrogens with zero attached hydrogens (tertiary/aromatic N) is 3. The summed E-state index contributed by atoms with van der Waals surface area (Å²) in [6, 6.07) is 10.7. The summed E-state index contributed by atoms with van der Waals surface area (Å²) in [4.78, 5) is 16.2. The number of rotatable bonds is 4. The van der Waals surface area contributed by atoms with Gasteiger partial charge in [0.15, 0.2) is 11.6 Å². The summed E-state index contributed by atoms with van der Waals surface area (Å²) < 4.78 is 9.27. The first-order valence-corrected chi connectivity index (χ1v) is 7.79. The van der Waals surface area contributed by atoms with Crippen LogP contribution in [0.4, 0.5) is 5.13 Å². The molecule has 0 aliphatic carbocycles. The highest BCUT2D eigenvalue weighted by atomic mass is 35.5. The molecule has 2 heterocycles. The minimum Gasteiger partial charge on any atom is -0.459 e. The zero-order chi connectivity index (χ0) is 16.2. The highest BCUT2D eigenvalue weighted by Crippen LogP contribution is 2.24. The molecule has 0 radical (unpaired) electrons. The van der Waals surface area contributed by atoms with Crippen LogP contribution in [0, 0.1) is 11.3 Å². The summed E-state index contributed by atoms with van der Waals surface area (Å²) in [7, 11) is 0. The molecule has 0 saturated carbocycles. The number of aromatic nitrogens is 2. The number of benzene rings is 1. The molecular formula is C15H9ClN4O2S. The Labute approximate surface area is 140 Å². The van der Waals surface area contributed by atoms with Gasteiger partial charge >= 0.3 is 0 Å². The van der Waals surface area contributed by atoms with E-state index in [0.717, 1.165) is 17.1 Å². The van der Waals surface area contributed by atoms with Crippen molar-refractivity contribution >= 4 is 34.2 Å². The first-order valence-electron chi connectivity index (χ1n) is 6.48. The summed E-state index contributed by atoms with van der Waals surface area (Å²) in [5.41, 5.74) is 2.05. The molecule has 3 rings (SSSR count). The molecule has 0 aliphatic rings. The van der Waals surface area contributed by atoms with Crippen molar-refractivity contribution in [1.82, 2.24) is 9.36 Å². The molecule has 0 bridgehead atoms. The van der Waals surface area contributed by atoms with Crippen LogP contribution in [-0.2, 0) is 5.88 Å². The van der Waals surface area contributed by atoms with Gasteiger partial charge < -0.3 is 4.42 Å². The SMILES string of the molecule is N#Cc1cccc(-c2coc(C(=O)Nc3nc(CCl)ns3)c2)c1. The Morgan fingerprint density at radius 2 is 2.26 bits per heavy atom. The Kier molecular flexibility index (Phi) is 4.37. The topological polar surface area (TPSA) is 91.8 Å². The van der Waals surface area contributed by atoms with Gasteiger partial charge in [-0.25, -0.2) is 4.98 Å². The number of alkyl halides is 1. The average Bonchev–Trinajstić information content (AvgIpc) is 3.24. The number of carbonyl (C=O) groups excluding carboxylic acids is 1. The predicted octanol–water partition coefficient (Wildman–Crippen LogP) is 3.66. The zero-order valence-corrected chi connectivity index (χ0v) is 13.2. The lowest BCUT2D eigenvalue weighted by molar-refractivity contribution is 0.0996. The van der Waals surface area contributed by atoms with Crippen LogP contribution in [-0.4, -0.2) is 15.3 Å². The van der Waals surface area contributed by atoms with Gasteiger partial charge in [-0.1, -0.05) is 12.1 Å². The van der Waals surface area contributed by atoms with Crippen LogP contribution in [0.25, 0.3) is 11.1 Å². The van der Waals surface area contributed by atoms with E-state index in [9.17, 15) is 4.79 Å². The van der Waals surface area contributed by atoms with Crippen molar-refractivity contribution in [3.8, 4) is 17.2 Å². The lowest BCUT2D eigenvalue weighted by atomic mass is 10.1. The zero-order valence-electron chi connectivity index (χ0n) is 11.6. The molecule has 0 aliphatic heterocycles. The van der Waals surface area contributed by atoms with Gasteiger partial charge in [-0.15, -0.1) is 11.6 Å². The van der Waals surface area contributed by atoms with Gasteiger partial charge in [0.05, 0.1) is 23.8 Å². The summed E-state index contributed by atoms with van der Waals surface area (Å²) >= 11 is 6.67. The van der Waals surface area contributed by atoms with Crippen LogP contribution in [0.1, 0.15) is 21.9 Å². The molecule has 0 unspecified atom stereocenters. The third-order valence-corrected chi connectivity index (χ3v) is 3.86. The monoisotopic (exact) mass is 344 g/mol. The van der Waals surface area contributed by atoms with Gasteiger partial charge in [-0.3, -0.25) is 10.1 Å². The second-order valence-corrected chi connectivity index (χ2v) is 5.51. The van der Waals surface area contributed by atoms with Crippen molar-refractivity contribution in [3.05, 3.63) is 53.7 Å². The summed E-state index contributed by atoms with van der Waals surface area (Å²) in [5, 5.41) is 11.9. The number of amides is 1. The molecular weight excluding hydrogens is 336 g/mol. The van der Waals surface area contributed by atoms with E-state index in [1.54, 1.807) is 24.3 Å². The van der Waals surface area contributed by atoms with E-state index in [0.29, 0.717) is 22.1 Å². The van der Waals surface area contributed by atoms with Gasteiger partial charge in [-0.2, -0.15) is 9.64 Å². The summed E-state index contributed by atoms with van der Waals surface area (Å²) in [6.07, 6.45) is 1.47. The molecule has 23 heavy (non-hydrogen) atoms. The number of carbonyl (C=O) groups is 1. The molecule has 6 nitrogen and oxygen atoms in total. The minimum absolute atomic E-state index is 0.144. The molecule has 2 aromatic heterocycles. The maximum atomic E-state index is 12.1. The van der Waals surface area contributed by atoms with Gasteiger partial charge in [0.2, 0.25) is 5.13 Å². The third kappa shape index (κ3) is 3.39. The maximum absolute atomic E-state index is 12.1. The standard InChI is InChI=1S/C15H9ClN4O2S/c16-6-13-18-15(23-20-13)19-14(21)12-5-11(8-22-12)10-3-1-2-9(4-10)7-17/h1-5,8H,6H2,(H,18,19,20,21). The van der Waals surface area contributed by atoms with Crippen molar-refractivity contribution in [2.45, 2.75) is 5.88 Å². The highest BCUT2D eigenvalue weighted by Gasteiger charge is 2.14. The Morgan fingerprint density at radius 3 is 3.00 bits per heavy atom. The van der Waals surface area contributed by atoms with E-state index in [4.69, 9.17) is 21.3 Å². The summed E-state index contributed by atoms with van der Waals surface area (Å²) in [6.45, 7) is 0.